The van der Waals surface area contributed by atoms with Crippen LogP contribution in [0.5, 0.6) is 0 Å². The van der Waals surface area contributed by atoms with Crippen LogP contribution in [0.25, 0.3) is 0 Å². The van der Waals surface area contributed by atoms with Gasteiger partial charge in [-0.25, -0.2) is 0 Å². The molecular weight excluding hydrogens is 346 g/mol. The molecule has 0 spiro atoms. The monoisotopic (exact) mass is 377 g/mol. The Hall–Kier alpha value is -1.53. The zero-order valence-electron chi connectivity index (χ0n) is 16.4. The summed E-state index contributed by atoms with van der Waals surface area (Å²) in [6.07, 6.45) is 0. The molecule has 0 atom stereocenters. The summed E-state index contributed by atoms with van der Waals surface area (Å²) in [5, 5.41) is 0.531. The van der Waals surface area contributed by atoms with Crippen molar-refractivity contribution in [3.8, 4) is 0 Å². The van der Waals surface area contributed by atoms with Gasteiger partial charge in [0, 0.05) is 55.0 Å². The molecule has 1 aromatic carbocycles. The van der Waals surface area contributed by atoms with Crippen LogP contribution in [-0.4, -0.2) is 77.6 Å². The van der Waals surface area contributed by atoms with Gasteiger partial charge in [0.2, 0.25) is 5.91 Å². The van der Waals surface area contributed by atoms with E-state index in [1.165, 1.54) is 4.90 Å². The van der Waals surface area contributed by atoms with E-state index in [9.17, 15) is 9.59 Å². The van der Waals surface area contributed by atoms with Crippen LogP contribution < -0.4 is 0 Å². The lowest BCUT2D eigenvalue weighted by molar-refractivity contribution is -0.132. The molecule has 1 saturated heterocycles. The highest BCUT2D eigenvalue weighted by Crippen LogP contribution is 2.23. The van der Waals surface area contributed by atoms with Crippen molar-refractivity contribution in [1.82, 2.24) is 14.7 Å². The number of nitrogens with zero attached hydrogens (tertiary/aromatic N) is 3. The summed E-state index contributed by atoms with van der Waals surface area (Å²) >= 11 is 1.80. The van der Waals surface area contributed by atoms with Crippen LogP contribution in [0.1, 0.15) is 38.1 Å². The summed E-state index contributed by atoms with van der Waals surface area (Å²) < 4.78 is 0. The molecule has 0 aromatic heterocycles. The molecule has 1 aliphatic heterocycles. The summed E-state index contributed by atoms with van der Waals surface area (Å²) in [5.74, 6) is 0.258. The molecule has 1 aromatic rings. The van der Waals surface area contributed by atoms with Crippen LogP contribution in [0.2, 0.25) is 0 Å². The molecule has 0 radical (unpaired) electrons. The van der Waals surface area contributed by atoms with Gasteiger partial charge < -0.3 is 9.80 Å². The molecule has 1 heterocycles. The lowest BCUT2D eigenvalue weighted by atomic mass is 10.2. The number of amides is 2. The first-order chi connectivity index (χ1) is 12.4. The van der Waals surface area contributed by atoms with Crippen LogP contribution in [-0.2, 0) is 4.79 Å². The number of piperazine rings is 1. The highest BCUT2D eigenvalue weighted by atomic mass is 32.2. The molecule has 0 N–H and O–H groups in total. The van der Waals surface area contributed by atoms with Gasteiger partial charge in [0.25, 0.3) is 5.91 Å². The van der Waals surface area contributed by atoms with Gasteiger partial charge in [-0.05, 0) is 38.1 Å². The van der Waals surface area contributed by atoms with Crippen molar-refractivity contribution in [1.29, 1.82) is 0 Å². The third kappa shape index (κ3) is 5.74. The van der Waals surface area contributed by atoms with Crippen LogP contribution in [0.3, 0.4) is 0 Å². The number of thioether (sulfide) groups is 1. The fourth-order valence-corrected chi connectivity index (χ4v) is 3.95. The second kappa shape index (κ2) is 9.97. The maximum Gasteiger partial charge on any atom is 0.253 e. The quantitative estimate of drug-likeness (QED) is 0.686. The van der Waals surface area contributed by atoms with Gasteiger partial charge in [0.05, 0.1) is 6.54 Å². The second-order valence-corrected chi connectivity index (χ2v) is 8.48. The topological polar surface area (TPSA) is 43.9 Å². The maximum atomic E-state index is 12.7. The van der Waals surface area contributed by atoms with Crippen LogP contribution in [0, 0.1) is 0 Å². The minimum Gasteiger partial charge on any atom is -0.342 e. The van der Waals surface area contributed by atoms with Gasteiger partial charge in [-0.15, -0.1) is 11.8 Å². The van der Waals surface area contributed by atoms with Gasteiger partial charge in [0.15, 0.2) is 0 Å². The highest BCUT2D eigenvalue weighted by Gasteiger charge is 2.24. The Morgan fingerprint density at radius 1 is 1.04 bits per heavy atom. The predicted octanol–water partition coefficient (Wildman–Crippen LogP) is 2.81. The van der Waals surface area contributed by atoms with E-state index in [-0.39, 0.29) is 11.8 Å². The average molecular weight is 378 g/mol. The van der Waals surface area contributed by atoms with Crippen LogP contribution in [0.15, 0.2) is 29.2 Å². The molecule has 2 amide bonds. The summed E-state index contributed by atoms with van der Waals surface area (Å²) in [7, 11) is 0. The van der Waals surface area contributed by atoms with Gasteiger partial charge in [0.1, 0.15) is 0 Å². The number of benzene rings is 1. The van der Waals surface area contributed by atoms with E-state index in [1.807, 2.05) is 47.9 Å². The van der Waals surface area contributed by atoms with Crippen molar-refractivity contribution in [2.45, 2.75) is 37.8 Å². The number of likely N-dealkylation sites (N-methyl/N-ethyl adjacent to an activating group) is 1. The van der Waals surface area contributed by atoms with E-state index in [0.29, 0.717) is 24.9 Å². The summed E-state index contributed by atoms with van der Waals surface area (Å²) in [4.78, 5) is 32.0. The summed E-state index contributed by atoms with van der Waals surface area (Å²) in [6, 6.07) is 7.89. The van der Waals surface area contributed by atoms with E-state index in [1.54, 1.807) is 11.8 Å². The molecule has 1 fully saturated rings. The van der Waals surface area contributed by atoms with Gasteiger partial charge in [-0.2, -0.15) is 0 Å². The number of carbonyl (C=O) groups excluding carboxylic acids is 2. The second-order valence-electron chi connectivity index (χ2n) is 6.83. The first-order valence-corrected chi connectivity index (χ1v) is 10.4. The van der Waals surface area contributed by atoms with Crippen molar-refractivity contribution in [3.63, 3.8) is 0 Å². The Morgan fingerprint density at radius 3 is 2.12 bits per heavy atom. The van der Waals surface area contributed by atoms with Crippen LogP contribution in [0.4, 0.5) is 0 Å². The largest absolute Gasteiger partial charge is 0.342 e. The molecule has 1 aliphatic rings. The highest BCUT2D eigenvalue weighted by molar-refractivity contribution is 7.99. The fraction of sp³-hybridized carbons (Fsp3) is 0.600. The van der Waals surface area contributed by atoms with Gasteiger partial charge >= 0.3 is 0 Å². The molecule has 5 nitrogen and oxygen atoms in total. The first kappa shape index (κ1) is 20.8. The lowest BCUT2D eigenvalue weighted by Crippen LogP contribution is -2.51. The SMILES string of the molecule is CCN(CC)C(=O)CN1CCN(C(=O)c2ccc(SC(C)C)cc2)CC1. The first-order valence-electron chi connectivity index (χ1n) is 9.50. The number of hydrogen-bond donors (Lipinski definition) is 0. The Bertz CT molecular complexity index is 592. The molecule has 144 valence electrons. The van der Waals surface area contributed by atoms with Gasteiger partial charge in [-0.1, -0.05) is 13.8 Å². The predicted molar refractivity (Wildman–Crippen MR) is 108 cm³/mol. The minimum absolute atomic E-state index is 0.0841. The normalized spacial score (nSPS) is 15.3. The van der Waals surface area contributed by atoms with E-state index in [4.69, 9.17) is 0 Å². The smallest absolute Gasteiger partial charge is 0.253 e. The fourth-order valence-electron chi connectivity index (χ4n) is 3.11. The summed E-state index contributed by atoms with van der Waals surface area (Å²) in [6.45, 7) is 13.1. The van der Waals surface area contributed by atoms with E-state index < -0.39 is 0 Å². The molecule has 0 unspecified atom stereocenters. The standard InChI is InChI=1S/C20H31N3O2S/c1-5-22(6-2)19(24)15-21-11-13-23(14-12-21)20(25)17-7-9-18(10-8-17)26-16(3)4/h7-10,16H,5-6,11-15H2,1-4H3. The zero-order valence-corrected chi connectivity index (χ0v) is 17.2. The number of hydrogen-bond acceptors (Lipinski definition) is 4. The number of rotatable bonds is 7. The molecular formula is C20H31N3O2S. The molecule has 0 aliphatic carbocycles. The van der Waals surface area contributed by atoms with Crippen LogP contribution >= 0.6 is 11.8 Å². The third-order valence-electron chi connectivity index (χ3n) is 4.61. The minimum atomic E-state index is 0.0841. The van der Waals surface area contributed by atoms with Crippen molar-refractivity contribution >= 4 is 23.6 Å². The Labute approximate surface area is 161 Å². The Balaban J connectivity index is 1.85. The molecule has 0 saturated carbocycles. The molecule has 6 heteroatoms. The Kier molecular flexibility index (Phi) is 7.97. The maximum absolute atomic E-state index is 12.7. The average Bonchev–Trinajstić information content (AvgIpc) is 2.63. The third-order valence-corrected chi connectivity index (χ3v) is 5.62. The molecule has 2 rings (SSSR count). The van der Waals surface area contributed by atoms with Gasteiger partial charge in [-0.3, -0.25) is 14.5 Å². The number of carbonyl (C=O) groups is 2. The van der Waals surface area contributed by atoms with Crippen molar-refractivity contribution < 1.29 is 9.59 Å². The lowest BCUT2D eigenvalue weighted by Gasteiger charge is -2.35. The Morgan fingerprint density at radius 2 is 1.62 bits per heavy atom. The van der Waals surface area contributed by atoms with E-state index >= 15 is 0 Å². The molecule has 0 bridgehead atoms. The molecule has 26 heavy (non-hydrogen) atoms. The summed E-state index contributed by atoms with van der Waals surface area (Å²) in [5.41, 5.74) is 0.741. The van der Waals surface area contributed by atoms with E-state index in [2.05, 4.69) is 18.7 Å². The van der Waals surface area contributed by atoms with Crippen molar-refractivity contribution in [2.75, 3.05) is 45.8 Å². The van der Waals surface area contributed by atoms with E-state index in [0.717, 1.165) is 31.7 Å². The zero-order chi connectivity index (χ0) is 19.1. The van der Waals surface area contributed by atoms with Crippen molar-refractivity contribution in [3.05, 3.63) is 29.8 Å². The van der Waals surface area contributed by atoms with Crippen molar-refractivity contribution in [2.24, 2.45) is 0 Å².